The number of anilines is 1. The lowest BCUT2D eigenvalue weighted by atomic mass is 10.1. The van der Waals surface area contributed by atoms with Crippen LogP contribution in [0.1, 0.15) is 24.2 Å². The van der Waals surface area contributed by atoms with E-state index < -0.39 is 0 Å². The Labute approximate surface area is 131 Å². The van der Waals surface area contributed by atoms with Crippen LogP contribution < -0.4 is 10.6 Å². The van der Waals surface area contributed by atoms with Gasteiger partial charge in [-0.15, -0.1) is 0 Å². The molecule has 1 aromatic rings. The summed E-state index contributed by atoms with van der Waals surface area (Å²) in [5.74, 6) is 0.0295. The number of benzene rings is 1. The zero-order valence-corrected chi connectivity index (χ0v) is 13.6. The van der Waals surface area contributed by atoms with Crippen LogP contribution in [0, 0.1) is 0 Å². The van der Waals surface area contributed by atoms with E-state index in [4.69, 9.17) is 17.0 Å². The molecule has 0 saturated carbocycles. The molecule has 0 saturated heterocycles. The summed E-state index contributed by atoms with van der Waals surface area (Å²) in [6, 6.07) is 7.35. The van der Waals surface area contributed by atoms with Crippen molar-refractivity contribution in [3.05, 3.63) is 29.8 Å². The Morgan fingerprint density at radius 2 is 2.05 bits per heavy atom. The van der Waals surface area contributed by atoms with Gasteiger partial charge < -0.3 is 20.3 Å². The first-order valence-corrected chi connectivity index (χ1v) is 7.46. The van der Waals surface area contributed by atoms with Gasteiger partial charge in [0.15, 0.2) is 5.11 Å². The predicted molar refractivity (Wildman–Crippen MR) is 89.8 cm³/mol. The maximum Gasteiger partial charge on any atom is 0.253 e. The van der Waals surface area contributed by atoms with E-state index in [2.05, 4.69) is 10.6 Å². The van der Waals surface area contributed by atoms with E-state index in [1.54, 1.807) is 12.0 Å². The highest BCUT2D eigenvalue weighted by Gasteiger charge is 2.12. The third-order valence-corrected chi connectivity index (χ3v) is 3.26. The van der Waals surface area contributed by atoms with Crippen molar-refractivity contribution in [3.8, 4) is 0 Å². The molecule has 0 fully saturated rings. The fraction of sp³-hybridized carbons (Fsp3) is 0.467. The van der Waals surface area contributed by atoms with Gasteiger partial charge in [0.05, 0.1) is 6.61 Å². The molecule has 0 bridgehead atoms. The van der Waals surface area contributed by atoms with Gasteiger partial charge in [-0.2, -0.15) is 0 Å². The lowest BCUT2D eigenvalue weighted by Crippen LogP contribution is -2.32. The molecule has 5 nitrogen and oxygen atoms in total. The number of carbonyl (C=O) groups excluding carboxylic acids is 1. The lowest BCUT2D eigenvalue weighted by molar-refractivity contribution is 0.0773. The molecule has 0 aliphatic rings. The summed E-state index contributed by atoms with van der Waals surface area (Å²) in [6.07, 6.45) is 0. The molecule has 2 N–H and O–H groups in total. The molecule has 21 heavy (non-hydrogen) atoms. The molecular weight excluding hydrogens is 286 g/mol. The Hall–Kier alpha value is -1.66. The summed E-state index contributed by atoms with van der Waals surface area (Å²) in [6.45, 7) is 6.56. The summed E-state index contributed by atoms with van der Waals surface area (Å²) < 4.78 is 4.94. The van der Waals surface area contributed by atoms with Crippen molar-refractivity contribution in [1.29, 1.82) is 0 Å². The minimum atomic E-state index is 0.0295. The maximum atomic E-state index is 12.3. The van der Waals surface area contributed by atoms with E-state index >= 15 is 0 Å². The molecule has 1 rings (SSSR count). The van der Waals surface area contributed by atoms with E-state index in [-0.39, 0.29) is 5.91 Å². The molecule has 0 heterocycles. The van der Waals surface area contributed by atoms with Crippen LogP contribution in [-0.4, -0.2) is 49.3 Å². The molecular formula is C15H23N3O2S. The van der Waals surface area contributed by atoms with Gasteiger partial charge in [0.1, 0.15) is 0 Å². The van der Waals surface area contributed by atoms with Crippen molar-refractivity contribution in [2.75, 3.05) is 38.7 Å². The first-order valence-electron chi connectivity index (χ1n) is 7.05. The average molecular weight is 309 g/mol. The van der Waals surface area contributed by atoms with Crippen LogP contribution in [0.3, 0.4) is 0 Å². The second kappa shape index (κ2) is 9.31. The SMILES string of the molecule is CCN(CC)C(=O)c1cccc(NC(=S)NCCOC)c1. The molecule has 0 aromatic heterocycles. The van der Waals surface area contributed by atoms with E-state index in [1.165, 1.54) is 0 Å². The number of thiocarbonyl (C=S) groups is 1. The number of hydrogen-bond donors (Lipinski definition) is 2. The van der Waals surface area contributed by atoms with Crippen LogP contribution in [-0.2, 0) is 4.74 Å². The number of ether oxygens (including phenoxy) is 1. The van der Waals surface area contributed by atoms with Crippen molar-refractivity contribution in [3.63, 3.8) is 0 Å². The maximum absolute atomic E-state index is 12.3. The van der Waals surface area contributed by atoms with Gasteiger partial charge in [0.2, 0.25) is 0 Å². The smallest absolute Gasteiger partial charge is 0.253 e. The van der Waals surface area contributed by atoms with E-state index in [9.17, 15) is 4.79 Å². The van der Waals surface area contributed by atoms with Gasteiger partial charge in [0, 0.05) is 38.0 Å². The quantitative estimate of drug-likeness (QED) is 0.597. The zero-order chi connectivity index (χ0) is 15.7. The molecule has 0 atom stereocenters. The highest BCUT2D eigenvalue weighted by atomic mass is 32.1. The Bertz CT molecular complexity index is 476. The van der Waals surface area contributed by atoms with Gasteiger partial charge in [-0.3, -0.25) is 4.79 Å². The number of carbonyl (C=O) groups is 1. The van der Waals surface area contributed by atoms with Crippen LogP contribution in [0.25, 0.3) is 0 Å². The molecule has 1 aromatic carbocycles. The minimum Gasteiger partial charge on any atom is -0.383 e. The number of methoxy groups -OCH3 is 1. The van der Waals surface area contributed by atoms with Gasteiger partial charge in [-0.1, -0.05) is 6.07 Å². The Morgan fingerprint density at radius 3 is 2.67 bits per heavy atom. The van der Waals surface area contributed by atoms with Crippen LogP contribution in [0.4, 0.5) is 5.69 Å². The molecule has 6 heteroatoms. The van der Waals surface area contributed by atoms with Crippen molar-refractivity contribution in [1.82, 2.24) is 10.2 Å². The summed E-state index contributed by atoms with van der Waals surface area (Å²) in [7, 11) is 1.64. The molecule has 0 radical (unpaired) electrons. The standard InChI is InChI=1S/C15H23N3O2S/c1-4-18(5-2)14(19)12-7-6-8-13(11-12)17-15(21)16-9-10-20-3/h6-8,11H,4-5,9-10H2,1-3H3,(H2,16,17,21). The Morgan fingerprint density at radius 1 is 1.33 bits per heavy atom. The third-order valence-electron chi connectivity index (χ3n) is 3.01. The summed E-state index contributed by atoms with van der Waals surface area (Å²) in [5, 5.41) is 6.60. The van der Waals surface area contributed by atoms with E-state index in [1.807, 2.05) is 38.1 Å². The van der Waals surface area contributed by atoms with Gasteiger partial charge in [-0.05, 0) is 44.3 Å². The van der Waals surface area contributed by atoms with Crippen molar-refractivity contribution < 1.29 is 9.53 Å². The predicted octanol–water partition coefficient (Wildman–Crippen LogP) is 2.10. The van der Waals surface area contributed by atoms with Gasteiger partial charge in [-0.25, -0.2) is 0 Å². The number of nitrogens with one attached hydrogen (secondary N) is 2. The number of amides is 1. The number of nitrogens with zero attached hydrogens (tertiary/aromatic N) is 1. The molecule has 0 spiro atoms. The van der Waals surface area contributed by atoms with Crippen LogP contribution in [0.15, 0.2) is 24.3 Å². The first-order chi connectivity index (χ1) is 10.1. The molecule has 116 valence electrons. The lowest BCUT2D eigenvalue weighted by Gasteiger charge is -2.19. The summed E-state index contributed by atoms with van der Waals surface area (Å²) in [5.41, 5.74) is 1.45. The largest absolute Gasteiger partial charge is 0.383 e. The fourth-order valence-corrected chi connectivity index (χ4v) is 2.09. The van der Waals surface area contributed by atoms with Crippen LogP contribution >= 0.6 is 12.2 Å². The van der Waals surface area contributed by atoms with Gasteiger partial charge in [0.25, 0.3) is 5.91 Å². The normalized spacial score (nSPS) is 10.0. The minimum absolute atomic E-state index is 0.0295. The Balaban J connectivity index is 2.68. The van der Waals surface area contributed by atoms with E-state index in [0.717, 1.165) is 5.69 Å². The molecule has 0 unspecified atom stereocenters. The second-order valence-corrected chi connectivity index (χ2v) is 4.84. The highest BCUT2D eigenvalue weighted by Crippen LogP contribution is 2.12. The second-order valence-electron chi connectivity index (χ2n) is 4.43. The average Bonchev–Trinajstić information content (AvgIpc) is 2.49. The zero-order valence-electron chi connectivity index (χ0n) is 12.8. The monoisotopic (exact) mass is 309 g/mol. The number of rotatable bonds is 7. The highest BCUT2D eigenvalue weighted by molar-refractivity contribution is 7.80. The van der Waals surface area contributed by atoms with E-state index in [0.29, 0.717) is 36.9 Å². The van der Waals surface area contributed by atoms with Crippen molar-refractivity contribution >= 4 is 28.9 Å². The first kappa shape index (κ1) is 17.4. The van der Waals surface area contributed by atoms with Crippen molar-refractivity contribution in [2.45, 2.75) is 13.8 Å². The topological polar surface area (TPSA) is 53.6 Å². The number of hydrogen-bond acceptors (Lipinski definition) is 3. The molecule has 0 aliphatic heterocycles. The van der Waals surface area contributed by atoms with Crippen LogP contribution in [0.5, 0.6) is 0 Å². The van der Waals surface area contributed by atoms with Crippen LogP contribution in [0.2, 0.25) is 0 Å². The Kier molecular flexibility index (Phi) is 7.71. The van der Waals surface area contributed by atoms with Gasteiger partial charge >= 0.3 is 0 Å². The fourth-order valence-electron chi connectivity index (χ4n) is 1.87. The molecule has 1 amide bonds. The summed E-state index contributed by atoms with van der Waals surface area (Å²) >= 11 is 5.18. The third kappa shape index (κ3) is 5.69. The summed E-state index contributed by atoms with van der Waals surface area (Å²) in [4.78, 5) is 14.1. The molecule has 0 aliphatic carbocycles. The van der Waals surface area contributed by atoms with Crippen molar-refractivity contribution in [2.24, 2.45) is 0 Å².